The van der Waals surface area contributed by atoms with Crippen molar-refractivity contribution in [3.63, 3.8) is 0 Å². The Hall–Kier alpha value is -1.88. The molecule has 3 aliphatic rings. The molecule has 2 fully saturated rings. The van der Waals surface area contributed by atoms with Crippen LogP contribution in [0.4, 0.5) is 5.69 Å². The maximum Gasteiger partial charge on any atom is 0.231 e. The summed E-state index contributed by atoms with van der Waals surface area (Å²) in [6.45, 7) is 1.75. The van der Waals surface area contributed by atoms with Crippen LogP contribution in [0.2, 0.25) is 0 Å². The fraction of sp³-hybridized carbons (Fsp3) is 0.500. The Morgan fingerprint density at radius 1 is 1.24 bits per heavy atom. The van der Waals surface area contributed by atoms with Gasteiger partial charge >= 0.3 is 0 Å². The molecule has 0 bridgehead atoms. The lowest BCUT2D eigenvalue weighted by atomic mass is 9.92. The molecule has 1 unspecified atom stereocenters. The molecule has 21 heavy (non-hydrogen) atoms. The first-order chi connectivity index (χ1) is 10.1. The maximum absolute atomic E-state index is 12.1. The largest absolute Gasteiger partial charge is 0.320 e. The van der Waals surface area contributed by atoms with Crippen molar-refractivity contribution in [2.45, 2.75) is 31.3 Å². The number of benzene rings is 1. The Bertz CT molecular complexity index is 642. The second-order valence-corrected chi connectivity index (χ2v) is 6.16. The van der Waals surface area contributed by atoms with E-state index in [1.54, 1.807) is 4.90 Å². The molecule has 1 aromatic rings. The van der Waals surface area contributed by atoms with E-state index in [9.17, 15) is 9.59 Å². The number of rotatable bonds is 1. The first-order valence-electron chi connectivity index (χ1n) is 7.57. The zero-order valence-electron chi connectivity index (χ0n) is 12.2. The zero-order valence-corrected chi connectivity index (χ0v) is 12.2. The van der Waals surface area contributed by atoms with Crippen molar-refractivity contribution in [3.8, 4) is 0 Å². The second kappa shape index (κ2) is 4.31. The fourth-order valence-electron chi connectivity index (χ4n) is 3.93. The van der Waals surface area contributed by atoms with Crippen LogP contribution in [0.3, 0.4) is 0 Å². The third-order valence-corrected chi connectivity index (χ3v) is 5.07. The van der Waals surface area contributed by atoms with E-state index >= 15 is 0 Å². The van der Waals surface area contributed by atoms with Crippen molar-refractivity contribution < 1.29 is 9.59 Å². The lowest BCUT2D eigenvalue weighted by Gasteiger charge is -2.43. The molecule has 1 aromatic carbocycles. The van der Waals surface area contributed by atoms with Gasteiger partial charge in [0.25, 0.3) is 0 Å². The molecule has 0 aromatic heterocycles. The standard InChI is InChI=1S/C16H19N3O2/c1-18-13-4-3-12(9-11(13)10-15(18)21)16-6-5-14(20)19(16)8-2-7-17-16/h3-4,9,17H,2,5-8,10H2,1H3. The highest BCUT2D eigenvalue weighted by Crippen LogP contribution is 2.41. The summed E-state index contributed by atoms with van der Waals surface area (Å²) in [5, 5.41) is 3.56. The van der Waals surface area contributed by atoms with Crippen LogP contribution in [0.1, 0.15) is 30.4 Å². The van der Waals surface area contributed by atoms with E-state index in [1.807, 2.05) is 18.0 Å². The monoisotopic (exact) mass is 285 g/mol. The van der Waals surface area contributed by atoms with Gasteiger partial charge in [0.1, 0.15) is 5.66 Å². The van der Waals surface area contributed by atoms with Gasteiger partial charge < -0.3 is 9.80 Å². The van der Waals surface area contributed by atoms with Crippen LogP contribution in [0.15, 0.2) is 18.2 Å². The number of anilines is 1. The zero-order chi connectivity index (χ0) is 14.6. The summed E-state index contributed by atoms with van der Waals surface area (Å²) in [6.07, 6.45) is 2.88. The van der Waals surface area contributed by atoms with Gasteiger partial charge in [-0.15, -0.1) is 0 Å². The van der Waals surface area contributed by atoms with Crippen molar-refractivity contribution in [3.05, 3.63) is 29.3 Å². The Morgan fingerprint density at radius 2 is 2.10 bits per heavy atom. The van der Waals surface area contributed by atoms with E-state index in [0.29, 0.717) is 12.8 Å². The number of amides is 2. The van der Waals surface area contributed by atoms with Gasteiger partial charge in [-0.05, 0) is 42.6 Å². The highest BCUT2D eigenvalue weighted by molar-refractivity contribution is 6.01. The van der Waals surface area contributed by atoms with Gasteiger partial charge in [-0.25, -0.2) is 0 Å². The van der Waals surface area contributed by atoms with Crippen molar-refractivity contribution in [2.75, 3.05) is 25.0 Å². The van der Waals surface area contributed by atoms with Gasteiger partial charge in [0, 0.05) is 25.7 Å². The Balaban J connectivity index is 1.78. The van der Waals surface area contributed by atoms with Crippen LogP contribution >= 0.6 is 0 Å². The molecule has 3 aliphatic heterocycles. The van der Waals surface area contributed by atoms with Gasteiger partial charge in [-0.2, -0.15) is 0 Å². The molecule has 1 atom stereocenters. The minimum Gasteiger partial charge on any atom is -0.320 e. The van der Waals surface area contributed by atoms with E-state index < -0.39 is 0 Å². The molecule has 5 heteroatoms. The molecule has 0 saturated carbocycles. The molecular weight excluding hydrogens is 266 g/mol. The van der Waals surface area contributed by atoms with Gasteiger partial charge in [0.15, 0.2) is 0 Å². The number of fused-ring (bicyclic) bond motifs is 2. The van der Waals surface area contributed by atoms with Crippen LogP contribution in [0.5, 0.6) is 0 Å². The molecule has 0 spiro atoms. The molecule has 4 rings (SSSR count). The van der Waals surface area contributed by atoms with Crippen LogP contribution < -0.4 is 10.2 Å². The molecule has 2 amide bonds. The summed E-state index contributed by atoms with van der Waals surface area (Å²) in [5.74, 6) is 0.367. The normalized spacial score (nSPS) is 28.0. The lowest BCUT2D eigenvalue weighted by Crippen LogP contribution is -2.58. The topological polar surface area (TPSA) is 52.7 Å². The number of hydrogen-bond acceptors (Lipinski definition) is 3. The smallest absolute Gasteiger partial charge is 0.231 e. The summed E-state index contributed by atoms with van der Waals surface area (Å²) in [7, 11) is 1.82. The van der Waals surface area contributed by atoms with E-state index in [0.717, 1.165) is 42.7 Å². The average molecular weight is 285 g/mol. The second-order valence-electron chi connectivity index (χ2n) is 6.16. The molecule has 0 aliphatic carbocycles. The van der Waals surface area contributed by atoms with Crippen molar-refractivity contribution >= 4 is 17.5 Å². The van der Waals surface area contributed by atoms with Crippen molar-refractivity contribution in [1.29, 1.82) is 0 Å². The van der Waals surface area contributed by atoms with Crippen LogP contribution in [0, 0.1) is 0 Å². The number of nitrogens with one attached hydrogen (secondary N) is 1. The summed E-state index contributed by atoms with van der Waals surface area (Å²) < 4.78 is 0. The Kier molecular flexibility index (Phi) is 2.63. The molecule has 2 saturated heterocycles. The molecule has 110 valence electrons. The maximum atomic E-state index is 12.1. The summed E-state index contributed by atoms with van der Waals surface area (Å²) in [6, 6.07) is 6.19. The first kappa shape index (κ1) is 12.8. The Morgan fingerprint density at radius 3 is 2.95 bits per heavy atom. The van der Waals surface area contributed by atoms with Crippen LogP contribution in [0.25, 0.3) is 0 Å². The minimum absolute atomic E-state index is 0.135. The predicted molar refractivity (Wildman–Crippen MR) is 78.8 cm³/mol. The molecule has 1 N–H and O–H groups in total. The van der Waals surface area contributed by atoms with Crippen molar-refractivity contribution in [2.24, 2.45) is 0 Å². The van der Waals surface area contributed by atoms with E-state index in [4.69, 9.17) is 0 Å². The SMILES string of the molecule is CN1C(=O)Cc2cc(C34CCC(=O)N3CCCN4)ccc21. The highest BCUT2D eigenvalue weighted by atomic mass is 16.2. The molecular formula is C16H19N3O2. The first-order valence-corrected chi connectivity index (χ1v) is 7.57. The van der Waals surface area contributed by atoms with E-state index in [2.05, 4.69) is 17.4 Å². The Labute approximate surface area is 123 Å². The molecule has 0 radical (unpaired) electrons. The predicted octanol–water partition coefficient (Wildman–Crippen LogP) is 0.974. The third kappa shape index (κ3) is 1.67. The van der Waals surface area contributed by atoms with Crippen LogP contribution in [-0.4, -0.2) is 36.9 Å². The third-order valence-electron chi connectivity index (χ3n) is 5.07. The van der Waals surface area contributed by atoms with Crippen LogP contribution in [-0.2, 0) is 21.7 Å². The summed E-state index contributed by atoms with van der Waals surface area (Å²) >= 11 is 0. The van der Waals surface area contributed by atoms with E-state index in [1.165, 1.54) is 0 Å². The van der Waals surface area contributed by atoms with Gasteiger partial charge in [-0.3, -0.25) is 14.9 Å². The average Bonchev–Trinajstić information content (AvgIpc) is 2.99. The van der Waals surface area contributed by atoms with E-state index in [-0.39, 0.29) is 17.5 Å². The summed E-state index contributed by atoms with van der Waals surface area (Å²) in [4.78, 5) is 27.7. The lowest BCUT2D eigenvalue weighted by molar-refractivity contribution is -0.134. The van der Waals surface area contributed by atoms with Crippen molar-refractivity contribution in [1.82, 2.24) is 10.2 Å². The van der Waals surface area contributed by atoms with Gasteiger partial charge in [-0.1, -0.05) is 6.07 Å². The summed E-state index contributed by atoms with van der Waals surface area (Å²) in [5.41, 5.74) is 2.83. The number of hydrogen-bond donors (Lipinski definition) is 1. The highest BCUT2D eigenvalue weighted by Gasteiger charge is 2.48. The number of nitrogens with zero attached hydrogens (tertiary/aromatic N) is 2. The quantitative estimate of drug-likeness (QED) is 0.836. The molecule has 3 heterocycles. The molecule has 5 nitrogen and oxygen atoms in total. The van der Waals surface area contributed by atoms with Gasteiger partial charge in [0.2, 0.25) is 11.8 Å². The fourth-order valence-corrected chi connectivity index (χ4v) is 3.93. The number of carbonyl (C=O) groups excluding carboxylic acids is 2. The van der Waals surface area contributed by atoms with Gasteiger partial charge in [0.05, 0.1) is 6.42 Å². The number of carbonyl (C=O) groups is 2. The minimum atomic E-state index is -0.353. The number of likely N-dealkylation sites (N-methyl/N-ethyl adjacent to an activating group) is 1.